The van der Waals surface area contributed by atoms with Gasteiger partial charge in [-0.3, -0.25) is 9.52 Å². The van der Waals surface area contributed by atoms with Gasteiger partial charge in [0, 0.05) is 36.1 Å². The maximum atomic E-state index is 13.7. The number of ketones is 1. The number of nitrogen functional groups attached to an aromatic ring is 1. The highest BCUT2D eigenvalue weighted by molar-refractivity contribution is 7.92. The summed E-state index contributed by atoms with van der Waals surface area (Å²) in [6, 6.07) is 15.7. The normalized spacial score (nSPS) is 11.5. The summed E-state index contributed by atoms with van der Waals surface area (Å²) >= 11 is 0. The van der Waals surface area contributed by atoms with Gasteiger partial charge in [0.05, 0.1) is 28.6 Å². The third kappa shape index (κ3) is 5.16. The monoisotopic (exact) mass is 558 g/mol. The van der Waals surface area contributed by atoms with Gasteiger partial charge in [0.15, 0.2) is 5.78 Å². The van der Waals surface area contributed by atoms with Gasteiger partial charge in [-0.05, 0) is 50.2 Å². The number of hydrogen-bond donors (Lipinski definition) is 2. The maximum Gasteiger partial charge on any atom is 0.262 e. The summed E-state index contributed by atoms with van der Waals surface area (Å²) in [7, 11) is -2.70. The van der Waals surface area contributed by atoms with Crippen LogP contribution in [0.4, 0.5) is 11.5 Å². The molecule has 12 heteroatoms. The summed E-state index contributed by atoms with van der Waals surface area (Å²) < 4.78 is 42.2. The minimum absolute atomic E-state index is 0.00834. The van der Waals surface area contributed by atoms with Crippen molar-refractivity contribution in [3.8, 4) is 17.4 Å². The minimum atomic E-state index is -4.10. The Bertz CT molecular complexity index is 1820. The first-order chi connectivity index (χ1) is 19.2. The van der Waals surface area contributed by atoms with E-state index in [9.17, 15) is 13.2 Å². The third-order valence-corrected chi connectivity index (χ3v) is 7.48. The number of pyridine rings is 1. The molecule has 0 saturated carbocycles. The average Bonchev–Trinajstić information content (AvgIpc) is 3.35. The predicted molar refractivity (Wildman–Crippen MR) is 150 cm³/mol. The lowest BCUT2D eigenvalue weighted by Crippen LogP contribution is -2.14. The van der Waals surface area contributed by atoms with Crippen molar-refractivity contribution in [3.63, 3.8) is 0 Å². The van der Waals surface area contributed by atoms with E-state index in [0.29, 0.717) is 28.2 Å². The van der Waals surface area contributed by atoms with Crippen molar-refractivity contribution >= 4 is 38.3 Å². The van der Waals surface area contributed by atoms with E-state index in [1.165, 1.54) is 37.7 Å². The fraction of sp³-hybridized carbons (Fsp3) is 0.143. The Labute approximate surface area is 230 Å². The van der Waals surface area contributed by atoms with Crippen LogP contribution in [-0.2, 0) is 10.0 Å². The van der Waals surface area contributed by atoms with Gasteiger partial charge in [0.1, 0.15) is 29.3 Å². The van der Waals surface area contributed by atoms with Crippen molar-refractivity contribution in [3.05, 3.63) is 90.5 Å². The number of sulfonamides is 1. The van der Waals surface area contributed by atoms with Crippen LogP contribution >= 0.6 is 0 Å². The van der Waals surface area contributed by atoms with Crippen LogP contribution in [0.2, 0.25) is 0 Å². The number of benzene rings is 2. The van der Waals surface area contributed by atoms with Gasteiger partial charge in [0.25, 0.3) is 10.0 Å². The molecule has 2 aromatic carbocycles. The fourth-order valence-corrected chi connectivity index (χ4v) is 5.29. The lowest BCUT2D eigenvalue weighted by Gasteiger charge is -2.14. The number of ether oxygens (including phenoxy) is 2. The molecule has 11 nitrogen and oxygen atoms in total. The zero-order chi connectivity index (χ0) is 28.4. The zero-order valence-electron chi connectivity index (χ0n) is 21.9. The van der Waals surface area contributed by atoms with Crippen LogP contribution in [0.1, 0.15) is 35.8 Å². The summed E-state index contributed by atoms with van der Waals surface area (Å²) in [6.45, 7) is 3.92. The standard InChI is InChI=1S/C28H26N6O5S/c1-17(2)34-15-21(25-27(29)31-16-32-28(25)34)26(35)18-10-11-23(38-3)22(13-18)33-40(36,37)20-8-6-7-19(14-20)39-24-9-4-5-12-30-24/h4-17,33H,1-3H3,(H2,29,31,32). The van der Waals surface area contributed by atoms with Crippen LogP contribution in [0, 0.1) is 0 Å². The second-order valence-electron chi connectivity index (χ2n) is 9.10. The molecule has 0 aliphatic rings. The van der Waals surface area contributed by atoms with Crippen molar-refractivity contribution in [2.75, 3.05) is 17.6 Å². The first kappa shape index (κ1) is 26.6. The second-order valence-corrected chi connectivity index (χ2v) is 10.8. The molecule has 0 saturated heterocycles. The smallest absolute Gasteiger partial charge is 0.262 e. The summed E-state index contributed by atoms with van der Waals surface area (Å²) in [5.41, 5.74) is 7.27. The summed E-state index contributed by atoms with van der Waals surface area (Å²) in [5, 5.41) is 0.434. The van der Waals surface area contributed by atoms with Gasteiger partial charge < -0.3 is 19.8 Å². The number of hydrogen-bond acceptors (Lipinski definition) is 9. The molecule has 0 aliphatic heterocycles. The Balaban J connectivity index is 1.49. The number of aromatic nitrogens is 4. The van der Waals surface area contributed by atoms with Gasteiger partial charge in [-0.1, -0.05) is 12.1 Å². The molecular weight excluding hydrogens is 532 g/mol. The third-order valence-electron chi connectivity index (χ3n) is 6.12. The van der Waals surface area contributed by atoms with Gasteiger partial charge >= 0.3 is 0 Å². The molecule has 3 N–H and O–H groups in total. The average molecular weight is 559 g/mol. The number of anilines is 2. The molecule has 0 atom stereocenters. The van der Waals surface area contributed by atoms with E-state index in [4.69, 9.17) is 15.2 Å². The number of fused-ring (bicyclic) bond motifs is 1. The Kier molecular flexibility index (Phi) is 7.09. The van der Waals surface area contributed by atoms with Crippen LogP contribution in [0.25, 0.3) is 11.0 Å². The van der Waals surface area contributed by atoms with Crippen molar-refractivity contribution in [1.82, 2.24) is 19.5 Å². The summed E-state index contributed by atoms with van der Waals surface area (Å²) in [5.74, 6) is 0.643. The largest absolute Gasteiger partial charge is 0.495 e. The quantitative estimate of drug-likeness (QED) is 0.243. The molecule has 0 radical (unpaired) electrons. The van der Waals surface area contributed by atoms with Crippen LogP contribution < -0.4 is 19.9 Å². The van der Waals surface area contributed by atoms with Gasteiger partial charge in [-0.2, -0.15) is 0 Å². The Hall–Kier alpha value is -4.97. The Morgan fingerprint density at radius 3 is 2.58 bits per heavy atom. The molecule has 0 bridgehead atoms. The van der Waals surface area contributed by atoms with E-state index in [1.54, 1.807) is 48.8 Å². The predicted octanol–water partition coefficient (Wildman–Crippen LogP) is 4.82. The number of nitrogens with zero attached hydrogens (tertiary/aromatic N) is 4. The lowest BCUT2D eigenvalue weighted by molar-refractivity contribution is 0.104. The molecule has 0 aliphatic carbocycles. The van der Waals surface area contributed by atoms with Crippen LogP contribution in [0.15, 0.2) is 84.3 Å². The fourth-order valence-electron chi connectivity index (χ4n) is 4.20. The van der Waals surface area contributed by atoms with Gasteiger partial charge in [-0.15, -0.1) is 0 Å². The maximum absolute atomic E-state index is 13.7. The number of carbonyl (C=O) groups is 1. The molecule has 0 amide bonds. The number of nitrogens with one attached hydrogen (secondary N) is 1. The molecule has 0 unspecified atom stereocenters. The Morgan fingerprint density at radius 1 is 1.02 bits per heavy atom. The van der Waals surface area contributed by atoms with Crippen molar-refractivity contribution < 1.29 is 22.7 Å². The molecule has 3 heterocycles. The first-order valence-corrected chi connectivity index (χ1v) is 13.7. The van der Waals surface area contributed by atoms with E-state index in [-0.39, 0.29) is 39.5 Å². The molecule has 5 aromatic rings. The molecule has 40 heavy (non-hydrogen) atoms. The lowest BCUT2D eigenvalue weighted by atomic mass is 10.0. The molecule has 3 aromatic heterocycles. The van der Waals surface area contributed by atoms with E-state index in [2.05, 4.69) is 19.7 Å². The van der Waals surface area contributed by atoms with Crippen molar-refractivity contribution in [1.29, 1.82) is 0 Å². The van der Waals surface area contributed by atoms with Gasteiger partial charge in [0.2, 0.25) is 5.88 Å². The SMILES string of the molecule is COc1ccc(C(=O)c2cn(C(C)C)c3ncnc(N)c23)cc1NS(=O)(=O)c1cccc(Oc2ccccn2)c1. The zero-order valence-corrected chi connectivity index (χ0v) is 22.7. The van der Waals surface area contributed by atoms with Crippen molar-refractivity contribution in [2.45, 2.75) is 24.8 Å². The second kappa shape index (κ2) is 10.7. The van der Waals surface area contributed by atoms with E-state index in [1.807, 2.05) is 18.4 Å². The molecular formula is C28H26N6O5S. The number of carbonyl (C=O) groups excluding carboxylic acids is 1. The highest BCUT2D eigenvalue weighted by Gasteiger charge is 2.24. The van der Waals surface area contributed by atoms with Crippen LogP contribution in [0.3, 0.4) is 0 Å². The highest BCUT2D eigenvalue weighted by Crippen LogP contribution is 2.33. The number of methoxy groups -OCH3 is 1. The van der Waals surface area contributed by atoms with Gasteiger partial charge in [-0.25, -0.2) is 23.4 Å². The minimum Gasteiger partial charge on any atom is -0.495 e. The van der Waals surface area contributed by atoms with E-state index in [0.717, 1.165) is 0 Å². The summed E-state index contributed by atoms with van der Waals surface area (Å²) in [6.07, 6.45) is 4.60. The molecule has 0 fully saturated rings. The summed E-state index contributed by atoms with van der Waals surface area (Å²) in [4.78, 5) is 26.1. The Morgan fingerprint density at radius 2 is 1.85 bits per heavy atom. The molecule has 204 valence electrons. The van der Waals surface area contributed by atoms with Crippen LogP contribution in [0.5, 0.6) is 17.4 Å². The van der Waals surface area contributed by atoms with E-state index < -0.39 is 10.0 Å². The van der Waals surface area contributed by atoms with Crippen molar-refractivity contribution in [2.24, 2.45) is 0 Å². The number of rotatable bonds is 9. The number of nitrogens with two attached hydrogens (primary N) is 1. The van der Waals surface area contributed by atoms with Crippen LogP contribution in [-0.4, -0.2) is 40.8 Å². The van der Waals surface area contributed by atoms with E-state index >= 15 is 0 Å². The molecule has 0 spiro atoms. The topological polar surface area (TPSA) is 151 Å². The molecule has 5 rings (SSSR count). The first-order valence-electron chi connectivity index (χ1n) is 12.2. The highest BCUT2D eigenvalue weighted by atomic mass is 32.2.